The van der Waals surface area contributed by atoms with Crippen molar-refractivity contribution in [2.24, 2.45) is 0 Å². The number of aromatic nitrogens is 2. The van der Waals surface area contributed by atoms with Crippen molar-refractivity contribution in [3.8, 4) is 0 Å². The Balaban J connectivity index is 1.58. The molecule has 0 bridgehead atoms. The van der Waals surface area contributed by atoms with Crippen molar-refractivity contribution >= 4 is 33.2 Å². The van der Waals surface area contributed by atoms with E-state index in [9.17, 15) is 0 Å². The van der Waals surface area contributed by atoms with Gasteiger partial charge in [0.05, 0.1) is 0 Å². The van der Waals surface area contributed by atoms with Crippen molar-refractivity contribution in [3.63, 3.8) is 0 Å². The van der Waals surface area contributed by atoms with Crippen molar-refractivity contribution in [1.82, 2.24) is 9.97 Å². The molecule has 2 N–H and O–H groups in total. The van der Waals surface area contributed by atoms with Gasteiger partial charge in [-0.3, -0.25) is 0 Å². The number of pyridine rings is 2. The molecule has 0 spiro atoms. The first-order chi connectivity index (χ1) is 15.7. The Labute approximate surface area is 188 Å². The summed E-state index contributed by atoms with van der Waals surface area (Å²) in [6.07, 6.45) is 0. The van der Waals surface area contributed by atoms with Crippen molar-refractivity contribution in [2.75, 3.05) is 10.6 Å². The minimum atomic E-state index is 0.713. The fourth-order valence-electron chi connectivity index (χ4n) is 4.33. The zero-order chi connectivity index (χ0) is 21.9. The molecule has 0 aliphatic heterocycles. The molecule has 32 heavy (non-hydrogen) atoms. The fraction of sp³-hybridized carbons (Fsp3) is 0.143. The highest BCUT2D eigenvalue weighted by Crippen LogP contribution is 2.34. The molecule has 0 saturated heterocycles. The second-order valence-electron chi connectivity index (χ2n) is 8.08. The van der Waals surface area contributed by atoms with Crippen LogP contribution in [0, 0.1) is 13.8 Å². The summed E-state index contributed by atoms with van der Waals surface area (Å²) < 4.78 is 0. The van der Waals surface area contributed by atoms with E-state index >= 15 is 0 Å². The lowest BCUT2D eigenvalue weighted by Crippen LogP contribution is -2.07. The molecule has 0 fully saturated rings. The molecule has 0 atom stereocenters. The van der Waals surface area contributed by atoms with E-state index in [1.54, 1.807) is 0 Å². The minimum absolute atomic E-state index is 0.713. The van der Waals surface area contributed by atoms with Gasteiger partial charge in [0.1, 0.15) is 11.6 Å². The van der Waals surface area contributed by atoms with Crippen LogP contribution in [-0.2, 0) is 13.1 Å². The normalized spacial score (nSPS) is 11.1. The molecule has 0 saturated carbocycles. The number of fused-ring (bicyclic) bond motifs is 2. The Morgan fingerprint density at radius 2 is 0.875 bits per heavy atom. The summed E-state index contributed by atoms with van der Waals surface area (Å²) >= 11 is 0. The molecule has 0 radical (unpaired) electrons. The van der Waals surface area contributed by atoms with Gasteiger partial charge in [0.2, 0.25) is 0 Å². The van der Waals surface area contributed by atoms with E-state index in [0.29, 0.717) is 13.1 Å². The largest absolute Gasteiger partial charge is 0.366 e. The number of nitrogens with zero attached hydrogens (tertiary/aromatic N) is 2. The zero-order valence-electron chi connectivity index (χ0n) is 18.4. The van der Waals surface area contributed by atoms with Gasteiger partial charge in [-0.15, -0.1) is 0 Å². The van der Waals surface area contributed by atoms with Crippen LogP contribution in [0.1, 0.15) is 22.5 Å². The summed E-state index contributed by atoms with van der Waals surface area (Å²) in [6.45, 7) is 5.46. The van der Waals surface area contributed by atoms with Gasteiger partial charge in [0, 0.05) is 24.5 Å². The summed E-state index contributed by atoms with van der Waals surface area (Å²) in [5.74, 6) is 1.80. The van der Waals surface area contributed by atoms with Crippen LogP contribution in [0.5, 0.6) is 0 Å². The average Bonchev–Trinajstić information content (AvgIpc) is 2.81. The second-order valence-corrected chi connectivity index (χ2v) is 8.08. The topological polar surface area (TPSA) is 49.8 Å². The lowest BCUT2D eigenvalue weighted by Gasteiger charge is -2.18. The fourth-order valence-corrected chi connectivity index (χ4v) is 4.33. The molecule has 4 nitrogen and oxygen atoms in total. The van der Waals surface area contributed by atoms with E-state index in [4.69, 9.17) is 0 Å². The molecule has 5 aromatic rings. The van der Waals surface area contributed by atoms with Crippen LogP contribution in [0.4, 0.5) is 11.6 Å². The number of rotatable bonds is 6. The van der Waals surface area contributed by atoms with E-state index in [2.05, 4.69) is 69.1 Å². The lowest BCUT2D eigenvalue weighted by molar-refractivity contribution is 1.10. The Morgan fingerprint density at radius 3 is 1.22 bits per heavy atom. The van der Waals surface area contributed by atoms with Crippen LogP contribution in [-0.4, -0.2) is 9.97 Å². The van der Waals surface area contributed by atoms with Gasteiger partial charge in [-0.2, -0.15) is 0 Å². The number of aryl methyl sites for hydroxylation is 2. The molecule has 0 amide bonds. The summed E-state index contributed by atoms with van der Waals surface area (Å²) in [7, 11) is 0. The van der Waals surface area contributed by atoms with Crippen LogP contribution in [0.25, 0.3) is 21.5 Å². The maximum absolute atomic E-state index is 4.61. The van der Waals surface area contributed by atoms with E-state index in [1.807, 2.05) is 50.2 Å². The van der Waals surface area contributed by atoms with E-state index in [0.717, 1.165) is 23.0 Å². The molecule has 5 rings (SSSR count). The second kappa shape index (κ2) is 8.67. The third-order valence-electron chi connectivity index (χ3n) is 5.82. The molecule has 0 aliphatic rings. The number of anilines is 2. The average molecular weight is 419 g/mol. The standard InChI is InChI=1S/C28H26N4/c1-19-9-7-15-27(31-19)29-17-25-21-11-3-5-13-23(21)26(24-14-6-4-12-22(24)25)18-30-28-16-8-10-20(2)32-28/h3-16H,17-18H2,1-2H3,(H,29,31)(H,30,32). The van der Waals surface area contributed by atoms with E-state index in [-0.39, 0.29) is 0 Å². The minimum Gasteiger partial charge on any atom is -0.366 e. The van der Waals surface area contributed by atoms with Crippen molar-refractivity contribution < 1.29 is 0 Å². The Morgan fingerprint density at radius 1 is 0.500 bits per heavy atom. The highest BCUT2D eigenvalue weighted by atomic mass is 15.0. The van der Waals surface area contributed by atoms with Gasteiger partial charge in [-0.05, 0) is 70.8 Å². The number of nitrogens with one attached hydrogen (secondary N) is 2. The zero-order valence-corrected chi connectivity index (χ0v) is 18.4. The number of hydrogen-bond donors (Lipinski definition) is 2. The Kier molecular flexibility index (Phi) is 5.42. The summed E-state index contributed by atoms with van der Waals surface area (Å²) in [5.41, 5.74) is 4.60. The highest BCUT2D eigenvalue weighted by Gasteiger charge is 2.14. The molecule has 2 heterocycles. The third-order valence-corrected chi connectivity index (χ3v) is 5.82. The van der Waals surface area contributed by atoms with Gasteiger partial charge < -0.3 is 10.6 Å². The first-order valence-electron chi connectivity index (χ1n) is 11.0. The number of hydrogen-bond acceptors (Lipinski definition) is 4. The van der Waals surface area contributed by atoms with Gasteiger partial charge in [-0.1, -0.05) is 60.7 Å². The van der Waals surface area contributed by atoms with Crippen molar-refractivity contribution in [3.05, 3.63) is 107 Å². The molecule has 2 aromatic heterocycles. The smallest absolute Gasteiger partial charge is 0.126 e. The molecule has 158 valence electrons. The molecule has 0 unspecified atom stereocenters. The van der Waals surface area contributed by atoms with Gasteiger partial charge in [0.15, 0.2) is 0 Å². The monoisotopic (exact) mass is 418 g/mol. The summed E-state index contributed by atoms with van der Waals surface area (Å²) in [5, 5.41) is 12.1. The molecular weight excluding hydrogens is 392 g/mol. The Hall–Kier alpha value is -3.92. The van der Waals surface area contributed by atoms with Gasteiger partial charge in [0.25, 0.3) is 0 Å². The predicted molar refractivity (Wildman–Crippen MR) is 134 cm³/mol. The van der Waals surface area contributed by atoms with Gasteiger partial charge >= 0.3 is 0 Å². The quantitative estimate of drug-likeness (QED) is 0.304. The summed E-state index contributed by atoms with van der Waals surface area (Å²) in [6, 6.07) is 29.5. The number of benzene rings is 3. The first kappa shape index (κ1) is 20.0. The van der Waals surface area contributed by atoms with Crippen LogP contribution < -0.4 is 10.6 Å². The predicted octanol–water partition coefficient (Wildman–Crippen LogP) is 6.62. The van der Waals surface area contributed by atoms with Crippen LogP contribution in [0.2, 0.25) is 0 Å². The van der Waals surface area contributed by atoms with Crippen LogP contribution in [0.15, 0.2) is 84.9 Å². The summed E-state index contributed by atoms with van der Waals surface area (Å²) in [4.78, 5) is 9.22. The van der Waals surface area contributed by atoms with Crippen LogP contribution >= 0.6 is 0 Å². The molecule has 3 aromatic carbocycles. The Bertz CT molecular complexity index is 1240. The lowest BCUT2D eigenvalue weighted by atomic mass is 9.91. The highest BCUT2D eigenvalue weighted by molar-refractivity contribution is 6.06. The maximum Gasteiger partial charge on any atom is 0.126 e. The van der Waals surface area contributed by atoms with E-state index < -0.39 is 0 Å². The third kappa shape index (κ3) is 4.00. The maximum atomic E-state index is 4.61. The van der Waals surface area contributed by atoms with E-state index in [1.165, 1.54) is 32.7 Å². The van der Waals surface area contributed by atoms with Crippen molar-refractivity contribution in [1.29, 1.82) is 0 Å². The molecule has 4 heteroatoms. The SMILES string of the molecule is Cc1cccc(NCc2c3ccccc3c(CNc3cccc(C)n3)c3ccccc23)n1. The first-order valence-corrected chi connectivity index (χ1v) is 11.0. The molecule has 0 aliphatic carbocycles. The van der Waals surface area contributed by atoms with Crippen molar-refractivity contribution in [2.45, 2.75) is 26.9 Å². The van der Waals surface area contributed by atoms with Gasteiger partial charge in [-0.25, -0.2) is 9.97 Å². The molecular formula is C28H26N4. The van der Waals surface area contributed by atoms with Crippen LogP contribution in [0.3, 0.4) is 0 Å².